The second-order valence-electron chi connectivity index (χ2n) is 4.40. The first kappa shape index (κ1) is 14.4. The maximum absolute atomic E-state index is 9.57. The number of halogens is 2. The molecule has 0 aromatic heterocycles. The molecule has 0 spiro atoms. The van der Waals surface area contributed by atoms with Gasteiger partial charge in [-0.05, 0) is 49.2 Å². The summed E-state index contributed by atoms with van der Waals surface area (Å²) >= 11 is 9.51. The summed E-state index contributed by atoms with van der Waals surface area (Å²) in [7, 11) is 0. The molecule has 2 aromatic carbocycles. The predicted molar refractivity (Wildman–Crippen MR) is 81.0 cm³/mol. The highest BCUT2D eigenvalue weighted by molar-refractivity contribution is 9.10. The number of aryl methyl sites for hydroxylation is 1. The van der Waals surface area contributed by atoms with Crippen LogP contribution in [0.15, 0.2) is 40.9 Å². The standard InChI is InChI=1S/C15H14BrClO2/c1-9-3-6-14(17)15(7-9)19-11-4-5-12(10(2)18)13(16)8-11/h3-8,10,18H,1-2H3/t10-/m1/s1. The molecular weight excluding hydrogens is 328 g/mol. The summed E-state index contributed by atoms with van der Waals surface area (Å²) in [6.45, 7) is 3.70. The first-order valence-corrected chi connectivity index (χ1v) is 7.06. The molecule has 0 saturated heterocycles. The van der Waals surface area contributed by atoms with Crippen LogP contribution in [0.4, 0.5) is 0 Å². The van der Waals surface area contributed by atoms with E-state index >= 15 is 0 Å². The fourth-order valence-electron chi connectivity index (χ4n) is 1.73. The van der Waals surface area contributed by atoms with Crippen molar-refractivity contribution < 1.29 is 9.84 Å². The lowest BCUT2D eigenvalue weighted by atomic mass is 10.1. The predicted octanol–water partition coefficient (Wildman–Crippen LogP) is 5.26. The monoisotopic (exact) mass is 340 g/mol. The highest BCUT2D eigenvalue weighted by Crippen LogP contribution is 2.33. The van der Waals surface area contributed by atoms with E-state index in [0.29, 0.717) is 16.5 Å². The molecule has 1 atom stereocenters. The van der Waals surface area contributed by atoms with E-state index in [9.17, 15) is 5.11 Å². The minimum Gasteiger partial charge on any atom is -0.456 e. The van der Waals surface area contributed by atoms with E-state index in [4.69, 9.17) is 16.3 Å². The Morgan fingerprint density at radius 2 is 1.95 bits per heavy atom. The zero-order valence-corrected chi connectivity index (χ0v) is 13.0. The molecule has 0 amide bonds. The molecule has 0 bridgehead atoms. The van der Waals surface area contributed by atoms with Crippen molar-refractivity contribution in [3.8, 4) is 11.5 Å². The summed E-state index contributed by atoms with van der Waals surface area (Å²) in [5.74, 6) is 1.29. The Balaban J connectivity index is 2.29. The Morgan fingerprint density at radius 1 is 1.21 bits per heavy atom. The van der Waals surface area contributed by atoms with Crippen molar-refractivity contribution in [3.63, 3.8) is 0 Å². The average Bonchev–Trinajstić information content (AvgIpc) is 2.33. The summed E-state index contributed by atoms with van der Waals surface area (Å²) in [4.78, 5) is 0. The minimum atomic E-state index is -0.522. The number of aliphatic hydroxyl groups excluding tert-OH is 1. The molecule has 100 valence electrons. The lowest BCUT2D eigenvalue weighted by Gasteiger charge is -2.12. The van der Waals surface area contributed by atoms with Crippen LogP contribution in [0.3, 0.4) is 0 Å². The summed E-state index contributed by atoms with van der Waals surface area (Å²) in [5.41, 5.74) is 1.90. The Morgan fingerprint density at radius 3 is 2.58 bits per heavy atom. The van der Waals surface area contributed by atoms with Gasteiger partial charge in [-0.2, -0.15) is 0 Å². The highest BCUT2D eigenvalue weighted by Gasteiger charge is 2.09. The molecule has 0 fully saturated rings. The number of ether oxygens (including phenoxy) is 1. The van der Waals surface area contributed by atoms with Crippen molar-refractivity contribution in [3.05, 3.63) is 57.0 Å². The van der Waals surface area contributed by atoms with Crippen molar-refractivity contribution in [1.82, 2.24) is 0 Å². The summed E-state index contributed by atoms with van der Waals surface area (Å²) in [6, 6.07) is 11.1. The summed E-state index contributed by atoms with van der Waals surface area (Å²) in [5, 5.41) is 10.1. The second-order valence-corrected chi connectivity index (χ2v) is 5.66. The van der Waals surface area contributed by atoms with Crippen LogP contribution in [-0.4, -0.2) is 5.11 Å². The normalized spacial score (nSPS) is 12.3. The number of hydrogen-bond acceptors (Lipinski definition) is 2. The topological polar surface area (TPSA) is 29.5 Å². The highest BCUT2D eigenvalue weighted by atomic mass is 79.9. The van der Waals surface area contributed by atoms with Crippen molar-refractivity contribution in [2.24, 2.45) is 0 Å². The quantitative estimate of drug-likeness (QED) is 0.825. The molecule has 0 heterocycles. The molecular formula is C15H14BrClO2. The molecule has 0 radical (unpaired) electrons. The fourth-order valence-corrected chi connectivity index (χ4v) is 2.57. The molecule has 2 rings (SSSR count). The van der Waals surface area contributed by atoms with E-state index in [0.717, 1.165) is 15.6 Å². The van der Waals surface area contributed by atoms with Crippen LogP contribution >= 0.6 is 27.5 Å². The molecule has 0 unspecified atom stereocenters. The fraction of sp³-hybridized carbons (Fsp3) is 0.200. The van der Waals surface area contributed by atoms with Crippen LogP contribution in [0.2, 0.25) is 5.02 Å². The molecule has 0 aliphatic heterocycles. The van der Waals surface area contributed by atoms with Gasteiger partial charge in [0.05, 0.1) is 11.1 Å². The van der Waals surface area contributed by atoms with E-state index in [1.165, 1.54) is 0 Å². The lowest BCUT2D eigenvalue weighted by Crippen LogP contribution is -1.93. The zero-order chi connectivity index (χ0) is 14.0. The van der Waals surface area contributed by atoms with E-state index in [-0.39, 0.29) is 0 Å². The largest absolute Gasteiger partial charge is 0.456 e. The third kappa shape index (κ3) is 3.50. The van der Waals surface area contributed by atoms with Crippen molar-refractivity contribution in [1.29, 1.82) is 0 Å². The molecule has 0 aliphatic carbocycles. The number of benzene rings is 2. The molecule has 2 nitrogen and oxygen atoms in total. The van der Waals surface area contributed by atoms with Crippen molar-refractivity contribution in [2.45, 2.75) is 20.0 Å². The average molecular weight is 342 g/mol. The molecule has 4 heteroatoms. The van der Waals surface area contributed by atoms with Crippen LogP contribution in [0.1, 0.15) is 24.2 Å². The van der Waals surface area contributed by atoms with Gasteiger partial charge in [-0.15, -0.1) is 0 Å². The number of rotatable bonds is 3. The Labute approximate surface area is 126 Å². The van der Waals surface area contributed by atoms with Gasteiger partial charge in [0.1, 0.15) is 11.5 Å². The van der Waals surface area contributed by atoms with Crippen LogP contribution in [0, 0.1) is 6.92 Å². The lowest BCUT2D eigenvalue weighted by molar-refractivity contribution is 0.198. The Bertz CT molecular complexity index is 597. The summed E-state index contributed by atoms with van der Waals surface area (Å²) < 4.78 is 6.57. The van der Waals surface area contributed by atoms with Crippen LogP contribution in [0.5, 0.6) is 11.5 Å². The van der Waals surface area contributed by atoms with Gasteiger partial charge in [0, 0.05) is 4.47 Å². The number of hydrogen-bond donors (Lipinski definition) is 1. The van der Waals surface area contributed by atoms with E-state index in [1.807, 2.05) is 43.3 Å². The SMILES string of the molecule is Cc1ccc(Cl)c(Oc2ccc([C@@H](C)O)c(Br)c2)c1. The molecule has 19 heavy (non-hydrogen) atoms. The zero-order valence-electron chi connectivity index (χ0n) is 10.7. The molecule has 1 N–H and O–H groups in total. The van der Waals surface area contributed by atoms with Crippen molar-refractivity contribution >= 4 is 27.5 Å². The second kappa shape index (κ2) is 5.95. The van der Waals surface area contributed by atoms with Crippen LogP contribution < -0.4 is 4.74 Å². The van der Waals surface area contributed by atoms with Gasteiger partial charge in [-0.1, -0.05) is 39.7 Å². The van der Waals surface area contributed by atoms with Crippen LogP contribution in [0.25, 0.3) is 0 Å². The van der Waals surface area contributed by atoms with E-state index in [2.05, 4.69) is 15.9 Å². The van der Waals surface area contributed by atoms with Gasteiger partial charge < -0.3 is 9.84 Å². The Kier molecular flexibility index (Phi) is 4.50. The van der Waals surface area contributed by atoms with Gasteiger partial charge >= 0.3 is 0 Å². The van der Waals surface area contributed by atoms with Gasteiger partial charge in [-0.3, -0.25) is 0 Å². The van der Waals surface area contributed by atoms with Crippen molar-refractivity contribution in [2.75, 3.05) is 0 Å². The molecule has 0 aliphatic rings. The maximum atomic E-state index is 9.57. The molecule has 0 saturated carbocycles. The summed E-state index contributed by atoms with van der Waals surface area (Å²) in [6.07, 6.45) is -0.522. The number of aliphatic hydroxyl groups is 1. The van der Waals surface area contributed by atoms with Gasteiger partial charge in [0.25, 0.3) is 0 Å². The van der Waals surface area contributed by atoms with Gasteiger partial charge in [0.2, 0.25) is 0 Å². The third-order valence-electron chi connectivity index (χ3n) is 2.74. The van der Waals surface area contributed by atoms with E-state index < -0.39 is 6.10 Å². The maximum Gasteiger partial charge on any atom is 0.146 e. The van der Waals surface area contributed by atoms with Gasteiger partial charge in [0.15, 0.2) is 0 Å². The van der Waals surface area contributed by atoms with Crippen LogP contribution in [-0.2, 0) is 0 Å². The van der Waals surface area contributed by atoms with Gasteiger partial charge in [-0.25, -0.2) is 0 Å². The minimum absolute atomic E-state index is 0.522. The first-order valence-electron chi connectivity index (χ1n) is 5.89. The Hall–Kier alpha value is -1.03. The third-order valence-corrected chi connectivity index (χ3v) is 3.74. The molecule has 2 aromatic rings. The van der Waals surface area contributed by atoms with E-state index in [1.54, 1.807) is 6.92 Å². The smallest absolute Gasteiger partial charge is 0.146 e. The first-order chi connectivity index (χ1) is 8.97.